The molecular weight excluding hydrogens is 292 g/mol. The molecular formula is C16H23ClO4. The zero-order chi connectivity index (χ0) is 15.7. The Kier molecular flexibility index (Phi) is 8.16. The summed E-state index contributed by atoms with van der Waals surface area (Å²) in [5, 5.41) is 9.96. The summed E-state index contributed by atoms with van der Waals surface area (Å²) in [6, 6.07) is 5.28. The molecule has 0 amide bonds. The second-order valence-electron chi connectivity index (χ2n) is 4.83. The Hall–Kier alpha value is -1.26. The van der Waals surface area contributed by atoms with Gasteiger partial charge in [0.15, 0.2) is 0 Å². The van der Waals surface area contributed by atoms with E-state index in [1.165, 1.54) is 0 Å². The van der Waals surface area contributed by atoms with Crippen molar-refractivity contribution in [3.8, 4) is 5.75 Å². The van der Waals surface area contributed by atoms with Gasteiger partial charge in [-0.15, -0.1) is 0 Å². The van der Waals surface area contributed by atoms with E-state index in [1.54, 1.807) is 32.0 Å². The van der Waals surface area contributed by atoms with Crippen LogP contribution in [0.15, 0.2) is 18.2 Å². The minimum Gasteiger partial charge on any atom is -0.492 e. The van der Waals surface area contributed by atoms with E-state index in [-0.39, 0.29) is 5.97 Å². The van der Waals surface area contributed by atoms with Crippen molar-refractivity contribution in [3.63, 3.8) is 0 Å². The quantitative estimate of drug-likeness (QED) is 0.555. The number of halogens is 1. The van der Waals surface area contributed by atoms with Crippen LogP contribution in [-0.4, -0.2) is 24.3 Å². The van der Waals surface area contributed by atoms with Crippen molar-refractivity contribution in [2.75, 3.05) is 13.2 Å². The summed E-state index contributed by atoms with van der Waals surface area (Å²) in [6.07, 6.45) is 2.48. The van der Waals surface area contributed by atoms with Crippen LogP contribution < -0.4 is 4.74 Å². The summed E-state index contributed by atoms with van der Waals surface area (Å²) in [5.41, 5.74) is 0.766. The van der Waals surface area contributed by atoms with Crippen molar-refractivity contribution in [3.05, 3.63) is 28.8 Å². The van der Waals surface area contributed by atoms with Crippen molar-refractivity contribution < 1.29 is 19.4 Å². The van der Waals surface area contributed by atoms with Gasteiger partial charge in [0.25, 0.3) is 0 Å². The summed E-state index contributed by atoms with van der Waals surface area (Å²) in [5.74, 6) is 0.474. The number of aliphatic hydroxyl groups is 1. The number of esters is 1. The Labute approximate surface area is 131 Å². The van der Waals surface area contributed by atoms with E-state index in [0.717, 1.165) is 24.8 Å². The summed E-state index contributed by atoms with van der Waals surface area (Å²) in [4.78, 5) is 11.1. The van der Waals surface area contributed by atoms with Crippen LogP contribution in [0, 0.1) is 0 Å². The van der Waals surface area contributed by atoms with Gasteiger partial charge in [-0.3, -0.25) is 4.79 Å². The number of carbonyl (C=O) groups is 1. The number of hydrogen-bond donors (Lipinski definition) is 1. The molecule has 0 saturated carbocycles. The van der Waals surface area contributed by atoms with Gasteiger partial charge in [0.1, 0.15) is 5.75 Å². The van der Waals surface area contributed by atoms with Gasteiger partial charge >= 0.3 is 5.97 Å². The molecule has 0 aromatic heterocycles. The van der Waals surface area contributed by atoms with Crippen LogP contribution >= 0.6 is 11.6 Å². The highest BCUT2D eigenvalue weighted by molar-refractivity contribution is 6.32. The van der Waals surface area contributed by atoms with Crippen molar-refractivity contribution in [2.45, 2.75) is 45.6 Å². The first-order valence-electron chi connectivity index (χ1n) is 7.30. The number of unbranched alkanes of at least 4 members (excludes halogenated alkanes) is 2. The minimum absolute atomic E-state index is 0.143. The van der Waals surface area contributed by atoms with Gasteiger partial charge in [-0.2, -0.15) is 0 Å². The largest absolute Gasteiger partial charge is 0.492 e. The number of hydrogen-bond acceptors (Lipinski definition) is 4. The van der Waals surface area contributed by atoms with Gasteiger partial charge in [0.05, 0.1) is 24.3 Å². The van der Waals surface area contributed by atoms with Gasteiger partial charge in [0.2, 0.25) is 0 Å². The highest BCUT2D eigenvalue weighted by Crippen LogP contribution is 2.28. The molecule has 1 atom stereocenters. The van der Waals surface area contributed by atoms with Gasteiger partial charge < -0.3 is 14.6 Å². The first-order chi connectivity index (χ1) is 10.0. The third kappa shape index (κ3) is 6.82. The van der Waals surface area contributed by atoms with E-state index in [0.29, 0.717) is 30.4 Å². The lowest BCUT2D eigenvalue weighted by Gasteiger charge is -2.10. The highest BCUT2D eigenvalue weighted by atomic mass is 35.5. The SMILES string of the molecule is CCOC(=O)CCCCCOc1ccc([C@H](C)O)cc1Cl. The van der Waals surface area contributed by atoms with Crippen LogP contribution in [0.4, 0.5) is 0 Å². The molecule has 0 aliphatic carbocycles. The van der Waals surface area contributed by atoms with E-state index in [1.807, 2.05) is 0 Å². The maximum atomic E-state index is 11.1. The lowest BCUT2D eigenvalue weighted by atomic mass is 10.1. The van der Waals surface area contributed by atoms with Crippen LogP contribution in [0.3, 0.4) is 0 Å². The molecule has 0 fully saturated rings. The fourth-order valence-electron chi connectivity index (χ4n) is 1.86. The van der Waals surface area contributed by atoms with Crippen LogP contribution in [-0.2, 0) is 9.53 Å². The van der Waals surface area contributed by atoms with Gasteiger partial charge in [-0.05, 0) is 50.8 Å². The molecule has 1 aromatic carbocycles. The van der Waals surface area contributed by atoms with Crippen molar-refractivity contribution in [1.82, 2.24) is 0 Å². The molecule has 0 saturated heterocycles. The average Bonchev–Trinajstić information content (AvgIpc) is 2.44. The van der Waals surface area contributed by atoms with Crippen molar-refractivity contribution in [1.29, 1.82) is 0 Å². The molecule has 4 nitrogen and oxygen atoms in total. The number of aliphatic hydroxyl groups excluding tert-OH is 1. The third-order valence-corrected chi connectivity index (χ3v) is 3.32. The summed E-state index contributed by atoms with van der Waals surface area (Å²) >= 11 is 6.09. The number of carbonyl (C=O) groups excluding carboxylic acids is 1. The monoisotopic (exact) mass is 314 g/mol. The summed E-state index contributed by atoms with van der Waals surface area (Å²) < 4.78 is 10.5. The predicted octanol–water partition coefficient (Wildman–Crippen LogP) is 3.90. The second-order valence-corrected chi connectivity index (χ2v) is 5.24. The van der Waals surface area contributed by atoms with Crippen molar-refractivity contribution in [2.24, 2.45) is 0 Å². The van der Waals surface area contributed by atoms with E-state index < -0.39 is 6.10 Å². The Balaban J connectivity index is 2.22. The molecule has 1 aromatic rings. The number of ether oxygens (including phenoxy) is 2. The molecule has 0 aliphatic rings. The second kappa shape index (κ2) is 9.64. The predicted molar refractivity (Wildman–Crippen MR) is 82.7 cm³/mol. The van der Waals surface area contributed by atoms with E-state index in [9.17, 15) is 9.90 Å². The fourth-order valence-corrected chi connectivity index (χ4v) is 2.10. The Morgan fingerprint density at radius 1 is 1.33 bits per heavy atom. The Bertz CT molecular complexity index is 446. The summed E-state index contributed by atoms with van der Waals surface area (Å²) in [6.45, 7) is 4.48. The van der Waals surface area contributed by atoms with Gasteiger partial charge in [-0.1, -0.05) is 17.7 Å². The Morgan fingerprint density at radius 2 is 2.10 bits per heavy atom. The van der Waals surface area contributed by atoms with E-state index in [4.69, 9.17) is 21.1 Å². The zero-order valence-electron chi connectivity index (χ0n) is 12.6. The zero-order valence-corrected chi connectivity index (χ0v) is 13.4. The molecule has 5 heteroatoms. The fraction of sp³-hybridized carbons (Fsp3) is 0.562. The topological polar surface area (TPSA) is 55.8 Å². The van der Waals surface area contributed by atoms with Crippen molar-refractivity contribution >= 4 is 17.6 Å². The average molecular weight is 315 g/mol. The maximum absolute atomic E-state index is 11.1. The maximum Gasteiger partial charge on any atom is 0.305 e. The normalized spacial score (nSPS) is 12.0. The van der Waals surface area contributed by atoms with Crippen LogP contribution in [0.2, 0.25) is 5.02 Å². The number of benzene rings is 1. The first kappa shape index (κ1) is 17.8. The molecule has 1 rings (SSSR count). The van der Waals surface area contributed by atoms with Crippen LogP contribution in [0.25, 0.3) is 0 Å². The smallest absolute Gasteiger partial charge is 0.305 e. The minimum atomic E-state index is -0.542. The van der Waals surface area contributed by atoms with E-state index >= 15 is 0 Å². The number of rotatable bonds is 9. The molecule has 21 heavy (non-hydrogen) atoms. The molecule has 1 N–H and O–H groups in total. The third-order valence-electron chi connectivity index (χ3n) is 3.03. The summed E-state index contributed by atoms with van der Waals surface area (Å²) in [7, 11) is 0. The molecule has 0 bridgehead atoms. The lowest BCUT2D eigenvalue weighted by Crippen LogP contribution is -2.04. The molecule has 118 valence electrons. The van der Waals surface area contributed by atoms with Crippen LogP contribution in [0.1, 0.15) is 51.2 Å². The van der Waals surface area contributed by atoms with Gasteiger partial charge in [-0.25, -0.2) is 0 Å². The molecule has 0 radical (unpaired) electrons. The standard InChI is InChI=1S/C16H23ClO4/c1-3-20-16(19)7-5-4-6-10-21-15-9-8-13(12(2)18)11-14(15)17/h8-9,11-12,18H,3-7,10H2,1-2H3/t12-/m0/s1. The molecule has 0 heterocycles. The molecule has 0 spiro atoms. The lowest BCUT2D eigenvalue weighted by molar-refractivity contribution is -0.143. The Morgan fingerprint density at radius 3 is 2.71 bits per heavy atom. The van der Waals surface area contributed by atoms with E-state index in [2.05, 4.69) is 0 Å². The highest BCUT2D eigenvalue weighted by Gasteiger charge is 2.06. The first-order valence-corrected chi connectivity index (χ1v) is 7.68. The molecule has 0 unspecified atom stereocenters. The van der Waals surface area contributed by atoms with Gasteiger partial charge in [0, 0.05) is 6.42 Å². The van der Waals surface area contributed by atoms with Crippen LogP contribution in [0.5, 0.6) is 5.75 Å². The molecule has 0 aliphatic heterocycles.